The second-order valence-corrected chi connectivity index (χ2v) is 7.76. The van der Waals surface area contributed by atoms with E-state index in [0.717, 1.165) is 0 Å². The number of benzene rings is 3. The van der Waals surface area contributed by atoms with Crippen LogP contribution in [0, 0.1) is 11.3 Å². The number of nitrogens with one attached hydrogen (secondary N) is 2. The van der Waals surface area contributed by atoms with Crippen LogP contribution in [0.3, 0.4) is 0 Å². The maximum atomic E-state index is 12.4. The number of halogens is 2. The maximum absolute atomic E-state index is 12.4. The Hall–Kier alpha value is -3.60. The van der Waals surface area contributed by atoms with Gasteiger partial charge in [0.05, 0.1) is 15.2 Å². The van der Waals surface area contributed by atoms with Crippen molar-refractivity contribution in [1.29, 1.82) is 5.26 Å². The van der Waals surface area contributed by atoms with Crippen molar-refractivity contribution < 1.29 is 14.3 Å². The first-order valence-electron chi connectivity index (χ1n) is 9.41. The quantitative estimate of drug-likeness (QED) is 0.317. The fourth-order valence-corrected chi connectivity index (χ4v) is 3.35. The van der Waals surface area contributed by atoms with Crippen LogP contribution in [0.5, 0.6) is 5.75 Å². The van der Waals surface area contributed by atoms with E-state index < -0.39 is 5.91 Å². The van der Waals surface area contributed by atoms with Crippen molar-refractivity contribution in [3.63, 3.8) is 0 Å². The summed E-state index contributed by atoms with van der Waals surface area (Å²) in [6.45, 7) is -0.220. The van der Waals surface area contributed by atoms with Gasteiger partial charge in [0.15, 0.2) is 6.61 Å². The monoisotopic (exact) mass is 509 g/mol. The van der Waals surface area contributed by atoms with Gasteiger partial charge in [-0.15, -0.1) is 0 Å². The van der Waals surface area contributed by atoms with Crippen LogP contribution in [0.4, 0.5) is 11.4 Å². The Morgan fingerprint density at radius 3 is 2.44 bits per heavy atom. The molecule has 0 saturated carbocycles. The summed E-state index contributed by atoms with van der Waals surface area (Å²) in [6, 6.07) is 22.7. The van der Waals surface area contributed by atoms with E-state index in [2.05, 4.69) is 26.6 Å². The van der Waals surface area contributed by atoms with Crippen molar-refractivity contribution in [2.75, 3.05) is 17.2 Å². The highest BCUT2D eigenvalue weighted by Gasteiger charge is 2.11. The number of amides is 2. The number of para-hydroxylation sites is 2. The van der Waals surface area contributed by atoms with E-state index in [1.807, 2.05) is 12.1 Å². The Bertz CT molecular complexity index is 1210. The Balaban J connectivity index is 1.63. The van der Waals surface area contributed by atoms with Crippen molar-refractivity contribution in [1.82, 2.24) is 0 Å². The minimum Gasteiger partial charge on any atom is -0.483 e. The molecule has 0 spiro atoms. The zero-order chi connectivity index (χ0) is 22.9. The van der Waals surface area contributed by atoms with Crippen molar-refractivity contribution in [2.45, 2.75) is 0 Å². The fraction of sp³-hybridized carbons (Fsp3) is 0.0417. The summed E-state index contributed by atoms with van der Waals surface area (Å²) in [5.74, 6) is -0.437. The molecule has 0 bridgehead atoms. The van der Waals surface area contributed by atoms with Crippen LogP contribution >= 0.6 is 27.5 Å². The number of nitrogens with zero attached hydrogens (tertiary/aromatic N) is 1. The SMILES string of the molecule is N#C/C(=C\c1ccc(OCC(=O)Nc2ccccc2Cl)c(Br)c1)C(=O)Nc1ccccc1. The van der Waals surface area contributed by atoms with Gasteiger partial charge >= 0.3 is 0 Å². The van der Waals surface area contributed by atoms with Crippen LogP contribution in [0.25, 0.3) is 6.08 Å². The van der Waals surface area contributed by atoms with Gasteiger partial charge in [-0.3, -0.25) is 9.59 Å². The van der Waals surface area contributed by atoms with Crippen LogP contribution in [0.2, 0.25) is 5.02 Å². The van der Waals surface area contributed by atoms with E-state index in [9.17, 15) is 14.9 Å². The van der Waals surface area contributed by atoms with E-state index in [4.69, 9.17) is 16.3 Å². The van der Waals surface area contributed by atoms with Crippen LogP contribution in [0.1, 0.15) is 5.56 Å². The minimum absolute atomic E-state index is 0.0476. The largest absolute Gasteiger partial charge is 0.483 e. The Morgan fingerprint density at radius 1 is 1.03 bits per heavy atom. The summed E-state index contributed by atoms with van der Waals surface area (Å²) in [6.07, 6.45) is 1.47. The lowest BCUT2D eigenvalue weighted by atomic mass is 10.1. The molecule has 0 fully saturated rings. The number of nitriles is 1. The van der Waals surface area contributed by atoms with Gasteiger partial charge < -0.3 is 15.4 Å². The molecule has 0 aromatic heterocycles. The van der Waals surface area contributed by atoms with Gasteiger partial charge in [-0.25, -0.2) is 0 Å². The summed E-state index contributed by atoms with van der Waals surface area (Å²) in [7, 11) is 0. The van der Waals surface area contributed by atoms with Crippen LogP contribution in [-0.2, 0) is 9.59 Å². The molecule has 0 unspecified atom stereocenters. The van der Waals surface area contributed by atoms with Crippen LogP contribution in [-0.4, -0.2) is 18.4 Å². The Morgan fingerprint density at radius 2 is 1.75 bits per heavy atom. The molecule has 0 aliphatic carbocycles. The lowest BCUT2D eigenvalue weighted by molar-refractivity contribution is -0.118. The van der Waals surface area contributed by atoms with E-state index in [1.54, 1.807) is 66.7 Å². The van der Waals surface area contributed by atoms with E-state index in [1.165, 1.54) is 6.08 Å². The predicted octanol–water partition coefficient (Wildman–Crippen LogP) is 5.67. The number of hydrogen-bond donors (Lipinski definition) is 2. The second-order valence-electron chi connectivity index (χ2n) is 6.50. The highest BCUT2D eigenvalue weighted by atomic mass is 79.9. The molecule has 2 amide bonds. The molecule has 3 aromatic rings. The average Bonchev–Trinajstić information content (AvgIpc) is 2.79. The first kappa shape index (κ1) is 23.1. The highest BCUT2D eigenvalue weighted by Crippen LogP contribution is 2.27. The normalized spacial score (nSPS) is 10.7. The van der Waals surface area contributed by atoms with Crippen LogP contribution in [0.15, 0.2) is 82.8 Å². The maximum Gasteiger partial charge on any atom is 0.266 e. The minimum atomic E-state index is -0.508. The molecule has 0 heterocycles. The van der Waals surface area contributed by atoms with Gasteiger partial charge in [0.1, 0.15) is 17.4 Å². The topological polar surface area (TPSA) is 91.2 Å². The van der Waals surface area contributed by atoms with E-state index in [-0.39, 0.29) is 18.1 Å². The summed E-state index contributed by atoms with van der Waals surface area (Å²) in [5, 5.41) is 15.2. The number of hydrogen-bond acceptors (Lipinski definition) is 4. The fourth-order valence-electron chi connectivity index (χ4n) is 2.65. The summed E-state index contributed by atoms with van der Waals surface area (Å²) in [5.41, 5.74) is 1.66. The van der Waals surface area contributed by atoms with Crippen LogP contribution < -0.4 is 15.4 Å². The Labute approximate surface area is 198 Å². The predicted molar refractivity (Wildman–Crippen MR) is 128 cm³/mol. The van der Waals surface area contributed by atoms with Gasteiger partial charge in [-0.2, -0.15) is 5.26 Å². The average molecular weight is 511 g/mol. The molecule has 0 aliphatic heterocycles. The summed E-state index contributed by atoms with van der Waals surface area (Å²) < 4.78 is 6.12. The second kappa shape index (κ2) is 11.1. The molecule has 2 N–H and O–H groups in total. The molecule has 0 saturated heterocycles. The lowest BCUT2D eigenvalue weighted by Gasteiger charge is -2.10. The molecular formula is C24H17BrClN3O3. The van der Waals surface area contributed by atoms with Crippen molar-refractivity contribution in [3.8, 4) is 11.8 Å². The summed E-state index contributed by atoms with van der Waals surface area (Å²) >= 11 is 9.42. The molecule has 160 valence electrons. The third kappa shape index (κ3) is 6.45. The number of anilines is 2. The number of carbonyl (C=O) groups excluding carboxylic acids is 2. The van der Waals surface area contributed by atoms with Gasteiger partial charge in [0.2, 0.25) is 0 Å². The number of rotatable bonds is 7. The van der Waals surface area contributed by atoms with E-state index >= 15 is 0 Å². The van der Waals surface area contributed by atoms with Crippen molar-refractivity contribution in [3.05, 3.63) is 93.4 Å². The van der Waals surface area contributed by atoms with Gasteiger partial charge in [-0.1, -0.05) is 48.0 Å². The zero-order valence-electron chi connectivity index (χ0n) is 16.6. The molecule has 3 rings (SSSR count). The smallest absolute Gasteiger partial charge is 0.266 e. The van der Waals surface area contributed by atoms with Crippen molar-refractivity contribution in [2.24, 2.45) is 0 Å². The standard InChI is InChI=1S/C24H17BrClN3O3/c25-19-13-16(12-17(14-27)24(31)28-18-6-2-1-3-7-18)10-11-22(19)32-15-23(30)29-21-9-5-4-8-20(21)26/h1-13H,15H2,(H,28,31)(H,29,30)/b17-12+. The third-order valence-electron chi connectivity index (χ3n) is 4.17. The highest BCUT2D eigenvalue weighted by molar-refractivity contribution is 9.10. The molecule has 32 heavy (non-hydrogen) atoms. The summed E-state index contributed by atoms with van der Waals surface area (Å²) in [4.78, 5) is 24.5. The zero-order valence-corrected chi connectivity index (χ0v) is 19.0. The molecule has 0 aliphatic rings. The molecule has 3 aromatic carbocycles. The lowest BCUT2D eigenvalue weighted by Crippen LogP contribution is -2.20. The third-order valence-corrected chi connectivity index (χ3v) is 5.12. The molecular weight excluding hydrogens is 494 g/mol. The van der Waals surface area contributed by atoms with Gasteiger partial charge in [-0.05, 0) is 64.0 Å². The molecule has 6 nitrogen and oxygen atoms in total. The molecule has 8 heteroatoms. The molecule has 0 atom stereocenters. The number of ether oxygens (including phenoxy) is 1. The number of carbonyl (C=O) groups is 2. The first-order chi connectivity index (χ1) is 15.5. The van der Waals surface area contributed by atoms with Crippen molar-refractivity contribution >= 4 is 56.8 Å². The van der Waals surface area contributed by atoms with E-state index in [0.29, 0.717) is 32.2 Å². The molecule has 0 radical (unpaired) electrons. The van der Waals surface area contributed by atoms with Gasteiger partial charge in [0, 0.05) is 5.69 Å². The first-order valence-corrected chi connectivity index (χ1v) is 10.6. The van der Waals surface area contributed by atoms with Gasteiger partial charge in [0.25, 0.3) is 11.8 Å². The Kier molecular flexibility index (Phi) is 8.03.